The highest BCUT2D eigenvalue weighted by molar-refractivity contribution is 9.10. The molecule has 1 atom stereocenters. The second-order valence-corrected chi connectivity index (χ2v) is 8.56. The third kappa shape index (κ3) is 5.98. The molecule has 3 N–H and O–H groups in total. The van der Waals surface area contributed by atoms with Crippen molar-refractivity contribution in [3.05, 3.63) is 77.0 Å². The Morgan fingerprint density at radius 2 is 1.97 bits per heavy atom. The number of primary amides is 1. The zero-order chi connectivity index (χ0) is 23.1. The van der Waals surface area contributed by atoms with E-state index in [-0.39, 0.29) is 23.3 Å². The normalized spacial score (nSPS) is 11.6. The van der Waals surface area contributed by atoms with Crippen molar-refractivity contribution in [1.82, 2.24) is 14.8 Å². The molecule has 166 valence electrons. The van der Waals surface area contributed by atoms with Gasteiger partial charge in [0.15, 0.2) is 17.1 Å². The van der Waals surface area contributed by atoms with Gasteiger partial charge < -0.3 is 15.8 Å². The van der Waals surface area contributed by atoms with Gasteiger partial charge in [0.1, 0.15) is 5.75 Å². The molecule has 0 aliphatic rings. The molecule has 1 aromatic heterocycles. The van der Waals surface area contributed by atoms with Gasteiger partial charge >= 0.3 is 0 Å². The largest absolute Gasteiger partial charge is 0.483 e. The highest BCUT2D eigenvalue weighted by atomic mass is 79.9. The predicted molar refractivity (Wildman–Crippen MR) is 128 cm³/mol. The van der Waals surface area contributed by atoms with Crippen molar-refractivity contribution in [2.24, 2.45) is 5.73 Å². The maximum absolute atomic E-state index is 12.4. The zero-order valence-corrected chi connectivity index (χ0v) is 19.7. The molecule has 1 heterocycles. The van der Waals surface area contributed by atoms with E-state index in [0.29, 0.717) is 29.0 Å². The number of benzene rings is 2. The van der Waals surface area contributed by atoms with Crippen LogP contribution in [0.25, 0.3) is 0 Å². The molecule has 0 bridgehead atoms. The predicted octanol–water partition coefficient (Wildman–Crippen LogP) is 4.20. The van der Waals surface area contributed by atoms with Crippen LogP contribution in [0.1, 0.15) is 29.2 Å². The molecular weight excluding hydrogens is 494 g/mol. The van der Waals surface area contributed by atoms with E-state index in [1.165, 1.54) is 11.8 Å². The molecule has 0 aliphatic heterocycles. The summed E-state index contributed by atoms with van der Waals surface area (Å²) < 4.78 is 8.80. The smallest absolute Gasteiger partial charge is 0.250 e. The molecule has 2 amide bonds. The summed E-state index contributed by atoms with van der Waals surface area (Å²) in [5.74, 6) is 0.497. The van der Waals surface area contributed by atoms with Gasteiger partial charge in [0.05, 0.1) is 17.0 Å². The molecule has 3 aromatic rings. The van der Waals surface area contributed by atoms with Gasteiger partial charge in [0.25, 0.3) is 5.91 Å². The van der Waals surface area contributed by atoms with Gasteiger partial charge in [-0.2, -0.15) is 0 Å². The molecule has 0 radical (unpaired) electrons. The Morgan fingerprint density at radius 1 is 1.25 bits per heavy atom. The third-order valence-electron chi connectivity index (χ3n) is 4.35. The van der Waals surface area contributed by atoms with E-state index in [2.05, 4.69) is 38.0 Å². The van der Waals surface area contributed by atoms with Crippen molar-refractivity contribution < 1.29 is 14.3 Å². The maximum Gasteiger partial charge on any atom is 0.250 e. The molecule has 0 spiro atoms. The summed E-state index contributed by atoms with van der Waals surface area (Å²) in [6.45, 7) is 6.14. The summed E-state index contributed by atoms with van der Waals surface area (Å²) in [5, 5.41) is 11.8. The number of carbonyl (C=O) groups excluding carboxylic acids is 2. The maximum atomic E-state index is 12.4. The number of nitrogens with zero attached hydrogens (tertiary/aromatic N) is 3. The van der Waals surface area contributed by atoms with Crippen molar-refractivity contribution in [3.63, 3.8) is 0 Å². The van der Waals surface area contributed by atoms with Crippen molar-refractivity contribution in [1.29, 1.82) is 0 Å². The fourth-order valence-electron chi connectivity index (χ4n) is 2.90. The van der Waals surface area contributed by atoms with Crippen LogP contribution < -0.4 is 15.8 Å². The standard InChI is InChI=1S/C22H22BrN5O3S/c1-3-12-28-21(14(2)31-16-10-8-15(23)9-11-16)26-27-22(28)32-13-19(29)25-18-7-5-4-6-17(18)20(24)30/h3-11,14H,1,12-13H2,2H3,(H2,24,30)(H,25,29). The van der Waals surface area contributed by atoms with E-state index in [0.717, 1.165) is 4.47 Å². The average molecular weight is 516 g/mol. The number of para-hydroxylation sites is 1. The van der Waals surface area contributed by atoms with Gasteiger partial charge in [-0.25, -0.2) is 0 Å². The quantitative estimate of drug-likeness (QED) is 0.309. The highest BCUT2D eigenvalue weighted by Crippen LogP contribution is 2.26. The fraction of sp³-hybridized carbons (Fsp3) is 0.182. The van der Waals surface area contributed by atoms with Gasteiger partial charge in [0.2, 0.25) is 5.91 Å². The molecule has 2 aromatic carbocycles. The summed E-state index contributed by atoms with van der Waals surface area (Å²) in [5.41, 5.74) is 5.98. The number of aromatic nitrogens is 3. The Bertz CT molecular complexity index is 1120. The minimum atomic E-state index is -0.608. The van der Waals surface area contributed by atoms with Crippen molar-refractivity contribution >= 4 is 45.2 Å². The lowest BCUT2D eigenvalue weighted by Gasteiger charge is -2.16. The molecule has 0 fully saturated rings. The van der Waals surface area contributed by atoms with Crippen LogP contribution in [-0.4, -0.2) is 32.3 Å². The van der Waals surface area contributed by atoms with E-state index in [1.54, 1.807) is 30.3 Å². The van der Waals surface area contributed by atoms with Crippen molar-refractivity contribution in [2.75, 3.05) is 11.1 Å². The van der Waals surface area contributed by atoms with Gasteiger partial charge in [0, 0.05) is 11.0 Å². The number of halogens is 1. The summed E-state index contributed by atoms with van der Waals surface area (Å²) in [7, 11) is 0. The van der Waals surface area contributed by atoms with E-state index < -0.39 is 5.91 Å². The third-order valence-corrected chi connectivity index (χ3v) is 5.84. The molecule has 8 nitrogen and oxygen atoms in total. The van der Waals surface area contributed by atoms with Crippen LogP contribution in [0.2, 0.25) is 0 Å². The second-order valence-electron chi connectivity index (χ2n) is 6.70. The van der Waals surface area contributed by atoms with Crippen LogP contribution in [-0.2, 0) is 11.3 Å². The Balaban J connectivity index is 1.68. The highest BCUT2D eigenvalue weighted by Gasteiger charge is 2.20. The first-order valence-corrected chi connectivity index (χ1v) is 11.4. The minimum Gasteiger partial charge on any atom is -0.483 e. The monoisotopic (exact) mass is 515 g/mol. The van der Waals surface area contributed by atoms with Gasteiger partial charge in [-0.05, 0) is 43.3 Å². The number of nitrogens with one attached hydrogen (secondary N) is 1. The van der Waals surface area contributed by atoms with Crippen molar-refractivity contribution in [2.45, 2.75) is 24.7 Å². The Kier molecular flexibility index (Phi) is 8.07. The first-order chi connectivity index (χ1) is 15.4. The molecule has 0 saturated carbocycles. The van der Waals surface area contributed by atoms with Gasteiger partial charge in [-0.1, -0.05) is 45.9 Å². The van der Waals surface area contributed by atoms with Crippen LogP contribution in [0.5, 0.6) is 5.75 Å². The van der Waals surface area contributed by atoms with E-state index in [1.807, 2.05) is 35.8 Å². The second kappa shape index (κ2) is 11.0. The average Bonchev–Trinajstić information content (AvgIpc) is 3.17. The van der Waals surface area contributed by atoms with Crippen molar-refractivity contribution in [3.8, 4) is 5.75 Å². The van der Waals surface area contributed by atoms with E-state index >= 15 is 0 Å². The SMILES string of the molecule is C=CCn1c(SCC(=O)Nc2ccccc2C(N)=O)nnc1C(C)Oc1ccc(Br)cc1. The number of allylic oxidation sites excluding steroid dienone is 1. The number of hydrogen-bond donors (Lipinski definition) is 2. The molecular formula is C22H22BrN5O3S. The number of rotatable bonds is 10. The van der Waals surface area contributed by atoms with Crippen LogP contribution in [0.15, 0.2) is 70.8 Å². The number of ether oxygens (including phenoxy) is 1. The van der Waals surface area contributed by atoms with Gasteiger partial charge in [-0.3, -0.25) is 14.2 Å². The molecule has 0 aliphatic carbocycles. The first-order valence-electron chi connectivity index (χ1n) is 9.66. The Morgan fingerprint density at radius 3 is 2.66 bits per heavy atom. The summed E-state index contributed by atoms with van der Waals surface area (Å²) in [6.07, 6.45) is 1.36. The lowest BCUT2D eigenvalue weighted by Crippen LogP contribution is -2.19. The topological polar surface area (TPSA) is 112 Å². The molecule has 0 saturated heterocycles. The van der Waals surface area contributed by atoms with Crippen LogP contribution in [0.4, 0.5) is 5.69 Å². The number of thioether (sulfide) groups is 1. The number of amides is 2. The van der Waals surface area contributed by atoms with E-state index in [9.17, 15) is 9.59 Å². The van der Waals surface area contributed by atoms with E-state index in [4.69, 9.17) is 10.5 Å². The molecule has 32 heavy (non-hydrogen) atoms. The lowest BCUT2D eigenvalue weighted by molar-refractivity contribution is -0.113. The van der Waals surface area contributed by atoms with Crippen LogP contribution in [0.3, 0.4) is 0 Å². The molecule has 10 heteroatoms. The minimum absolute atomic E-state index is 0.0737. The Labute approximate surface area is 198 Å². The number of anilines is 1. The number of carbonyl (C=O) groups is 2. The fourth-order valence-corrected chi connectivity index (χ4v) is 3.92. The van der Waals surface area contributed by atoms with Crippen LogP contribution >= 0.6 is 27.7 Å². The summed E-state index contributed by atoms with van der Waals surface area (Å²) >= 11 is 4.63. The molecule has 1 unspecified atom stereocenters. The van der Waals surface area contributed by atoms with Crippen LogP contribution in [0, 0.1) is 0 Å². The first kappa shape index (κ1) is 23.6. The molecule has 3 rings (SSSR count). The zero-order valence-electron chi connectivity index (χ0n) is 17.3. The number of hydrogen-bond acceptors (Lipinski definition) is 6. The lowest BCUT2D eigenvalue weighted by atomic mass is 10.1. The summed E-state index contributed by atoms with van der Waals surface area (Å²) in [4.78, 5) is 24.0. The number of nitrogens with two attached hydrogens (primary N) is 1. The van der Waals surface area contributed by atoms with Gasteiger partial charge in [-0.15, -0.1) is 16.8 Å². The summed E-state index contributed by atoms with van der Waals surface area (Å²) in [6, 6.07) is 14.1. The Hall–Kier alpha value is -3.11.